The Balaban J connectivity index is 1.34. The number of anilines is 1. The number of benzene rings is 1. The van der Waals surface area contributed by atoms with E-state index in [-0.39, 0.29) is 5.88 Å². The summed E-state index contributed by atoms with van der Waals surface area (Å²) in [6.45, 7) is 3.95. The molecule has 1 aliphatic heterocycles. The number of aromatic hydroxyl groups is 1. The van der Waals surface area contributed by atoms with Crippen LogP contribution in [-0.2, 0) is 0 Å². The number of fused-ring (bicyclic) bond motifs is 1. The van der Waals surface area contributed by atoms with E-state index in [1.807, 2.05) is 13.8 Å². The summed E-state index contributed by atoms with van der Waals surface area (Å²) in [5, 5.41) is 13.0. The summed E-state index contributed by atoms with van der Waals surface area (Å²) in [6, 6.07) is 10.2. The van der Waals surface area contributed by atoms with Gasteiger partial charge < -0.3 is 20.1 Å². The van der Waals surface area contributed by atoms with Crippen molar-refractivity contribution < 1.29 is 14.4 Å². The number of aliphatic imine (C=N–C) groups is 1. The molecule has 0 spiro atoms. The van der Waals surface area contributed by atoms with E-state index in [1.165, 1.54) is 11.9 Å². The third kappa shape index (κ3) is 3.62. The molecule has 2 aromatic heterocycles. The second-order valence-electron chi connectivity index (χ2n) is 8.74. The molecule has 3 N–H and O–H groups in total. The molecule has 1 aromatic carbocycles. The fourth-order valence-corrected chi connectivity index (χ4v) is 4.60. The standard InChI is InChI=1S/C23H25N5O3/c1-23(2)20(27-19-21(24)25-12-26-22(19)30-23)16-9-5-14(6-10-16)13-3-7-15(8-4-13)17-11-18(29)28-31-17/h5-6,9-13,15H,3-4,7-8H2,1-2H3,(H,28,29)(H2,24,25,26). The lowest BCUT2D eigenvalue weighted by molar-refractivity contribution is 0.171. The van der Waals surface area contributed by atoms with E-state index in [0.717, 1.165) is 42.7 Å². The second kappa shape index (κ2) is 7.37. The minimum absolute atomic E-state index is 0.0406. The van der Waals surface area contributed by atoms with Gasteiger partial charge in [0.15, 0.2) is 11.5 Å². The lowest BCUT2D eigenvalue weighted by atomic mass is 9.77. The average Bonchev–Trinajstić information content (AvgIpc) is 3.20. The molecule has 0 atom stereocenters. The first-order valence-electron chi connectivity index (χ1n) is 10.6. The highest BCUT2D eigenvalue weighted by Crippen LogP contribution is 2.42. The van der Waals surface area contributed by atoms with Crippen molar-refractivity contribution in [1.29, 1.82) is 0 Å². The molecule has 8 nitrogen and oxygen atoms in total. The van der Waals surface area contributed by atoms with Gasteiger partial charge in [0.25, 0.3) is 5.88 Å². The van der Waals surface area contributed by atoms with Crippen molar-refractivity contribution in [2.24, 2.45) is 4.99 Å². The van der Waals surface area contributed by atoms with Gasteiger partial charge in [-0.05, 0) is 56.2 Å². The Bertz CT molecular complexity index is 1130. The SMILES string of the molecule is CC1(C)Oc2ncnc(N)c2N=C1c1ccc(C2CCC(c3cc(O)no3)CC2)cc1. The van der Waals surface area contributed by atoms with Crippen LogP contribution >= 0.6 is 0 Å². The van der Waals surface area contributed by atoms with Gasteiger partial charge in [0.05, 0.1) is 5.71 Å². The van der Waals surface area contributed by atoms with Crippen LogP contribution in [0.2, 0.25) is 0 Å². The summed E-state index contributed by atoms with van der Waals surface area (Å²) in [4.78, 5) is 13.0. The quantitative estimate of drug-likeness (QED) is 0.642. The van der Waals surface area contributed by atoms with Gasteiger partial charge in [0.2, 0.25) is 5.88 Å². The number of nitrogen functional groups attached to an aromatic ring is 1. The van der Waals surface area contributed by atoms with Gasteiger partial charge in [-0.15, -0.1) is 0 Å². The molecule has 0 bridgehead atoms. The minimum Gasteiger partial charge on any atom is -0.491 e. The van der Waals surface area contributed by atoms with Crippen LogP contribution in [-0.4, -0.2) is 31.5 Å². The van der Waals surface area contributed by atoms with Crippen molar-refractivity contribution in [3.8, 4) is 11.8 Å². The van der Waals surface area contributed by atoms with Crippen LogP contribution in [0, 0.1) is 0 Å². The summed E-state index contributed by atoms with van der Waals surface area (Å²) in [5.41, 5.74) is 8.96. The molecular weight excluding hydrogens is 394 g/mol. The average molecular weight is 419 g/mol. The summed E-state index contributed by atoms with van der Waals surface area (Å²) in [6.07, 6.45) is 5.57. The third-order valence-corrected chi connectivity index (χ3v) is 6.26. The van der Waals surface area contributed by atoms with Crippen molar-refractivity contribution in [2.75, 3.05) is 5.73 Å². The van der Waals surface area contributed by atoms with Crippen LogP contribution in [0.3, 0.4) is 0 Å². The van der Waals surface area contributed by atoms with E-state index in [4.69, 9.17) is 20.0 Å². The van der Waals surface area contributed by atoms with Crippen molar-refractivity contribution in [3.05, 3.63) is 53.5 Å². The van der Waals surface area contributed by atoms with Gasteiger partial charge in [-0.25, -0.2) is 9.98 Å². The Morgan fingerprint density at radius 2 is 1.74 bits per heavy atom. The highest BCUT2D eigenvalue weighted by molar-refractivity contribution is 6.09. The highest BCUT2D eigenvalue weighted by Gasteiger charge is 2.35. The summed E-state index contributed by atoms with van der Waals surface area (Å²) in [5.74, 6) is 2.30. The lowest BCUT2D eigenvalue weighted by Gasteiger charge is -2.32. The molecule has 1 saturated carbocycles. The summed E-state index contributed by atoms with van der Waals surface area (Å²) >= 11 is 0. The molecule has 0 radical (unpaired) electrons. The largest absolute Gasteiger partial charge is 0.491 e. The van der Waals surface area contributed by atoms with E-state index in [0.29, 0.717) is 29.2 Å². The van der Waals surface area contributed by atoms with E-state index < -0.39 is 5.60 Å². The Morgan fingerprint density at radius 1 is 1.03 bits per heavy atom. The molecular formula is C23H25N5O3. The van der Waals surface area contributed by atoms with Crippen LogP contribution in [0.4, 0.5) is 11.5 Å². The number of hydrogen-bond donors (Lipinski definition) is 2. The van der Waals surface area contributed by atoms with Crippen LogP contribution in [0.25, 0.3) is 0 Å². The molecule has 160 valence electrons. The zero-order chi connectivity index (χ0) is 21.6. The predicted octanol–water partition coefficient (Wildman–Crippen LogP) is 4.49. The van der Waals surface area contributed by atoms with E-state index in [9.17, 15) is 5.11 Å². The molecule has 1 aliphatic carbocycles. The van der Waals surface area contributed by atoms with Gasteiger partial charge in [-0.2, -0.15) is 4.98 Å². The molecule has 2 aliphatic rings. The van der Waals surface area contributed by atoms with Crippen molar-refractivity contribution >= 4 is 17.2 Å². The van der Waals surface area contributed by atoms with E-state index in [2.05, 4.69) is 39.4 Å². The Kier molecular flexibility index (Phi) is 4.64. The Labute approximate surface area is 180 Å². The number of aromatic nitrogens is 3. The molecule has 0 saturated heterocycles. The van der Waals surface area contributed by atoms with Crippen molar-refractivity contribution in [1.82, 2.24) is 15.1 Å². The van der Waals surface area contributed by atoms with Crippen LogP contribution in [0.15, 0.2) is 46.2 Å². The zero-order valence-corrected chi connectivity index (χ0v) is 17.6. The number of hydrogen-bond acceptors (Lipinski definition) is 8. The topological polar surface area (TPSA) is 120 Å². The van der Waals surface area contributed by atoms with Crippen molar-refractivity contribution in [3.63, 3.8) is 0 Å². The van der Waals surface area contributed by atoms with E-state index >= 15 is 0 Å². The van der Waals surface area contributed by atoms with Crippen LogP contribution in [0.5, 0.6) is 11.8 Å². The molecule has 8 heteroatoms. The van der Waals surface area contributed by atoms with Crippen LogP contribution in [0.1, 0.15) is 68.3 Å². The van der Waals surface area contributed by atoms with E-state index in [1.54, 1.807) is 6.07 Å². The Morgan fingerprint density at radius 3 is 2.42 bits per heavy atom. The third-order valence-electron chi connectivity index (χ3n) is 6.26. The monoisotopic (exact) mass is 419 g/mol. The maximum Gasteiger partial charge on any atom is 0.251 e. The maximum atomic E-state index is 9.42. The fourth-order valence-electron chi connectivity index (χ4n) is 4.60. The second-order valence-corrected chi connectivity index (χ2v) is 8.74. The van der Waals surface area contributed by atoms with Gasteiger partial charge in [0.1, 0.15) is 17.7 Å². The predicted molar refractivity (Wildman–Crippen MR) is 116 cm³/mol. The van der Waals surface area contributed by atoms with Gasteiger partial charge >= 0.3 is 0 Å². The first-order chi connectivity index (χ1) is 14.9. The lowest BCUT2D eigenvalue weighted by Crippen LogP contribution is -2.41. The number of ether oxygens (including phenoxy) is 1. The zero-order valence-electron chi connectivity index (χ0n) is 17.6. The van der Waals surface area contributed by atoms with Crippen molar-refractivity contribution in [2.45, 2.75) is 57.0 Å². The summed E-state index contributed by atoms with van der Waals surface area (Å²) < 4.78 is 11.3. The minimum atomic E-state index is -0.629. The first-order valence-corrected chi connectivity index (χ1v) is 10.6. The normalized spacial score (nSPS) is 22.3. The highest BCUT2D eigenvalue weighted by atomic mass is 16.5. The van der Waals surface area contributed by atoms with Gasteiger partial charge in [-0.3, -0.25) is 0 Å². The van der Waals surface area contributed by atoms with Gasteiger partial charge in [-0.1, -0.05) is 24.3 Å². The smallest absolute Gasteiger partial charge is 0.251 e. The van der Waals surface area contributed by atoms with Crippen LogP contribution < -0.4 is 10.5 Å². The Hall–Kier alpha value is -3.42. The maximum absolute atomic E-state index is 9.42. The number of nitrogens with two attached hydrogens (primary N) is 1. The molecule has 5 rings (SSSR count). The molecule has 31 heavy (non-hydrogen) atoms. The number of rotatable bonds is 3. The molecule has 3 aromatic rings. The fraction of sp³-hybridized carbons (Fsp3) is 0.391. The number of nitrogens with zero attached hydrogens (tertiary/aromatic N) is 4. The molecule has 1 fully saturated rings. The molecule has 0 unspecified atom stereocenters. The molecule has 0 amide bonds. The summed E-state index contributed by atoms with van der Waals surface area (Å²) in [7, 11) is 0. The van der Waals surface area contributed by atoms with Gasteiger partial charge in [0, 0.05) is 17.5 Å². The first kappa shape index (κ1) is 19.5. The molecule has 3 heterocycles.